The molecule has 1 heterocycles. The van der Waals surface area contributed by atoms with E-state index in [2.05, 4.69) is 50.4 Å². The summed E-state index contributed by atoms with van der Waals surface area (Å²) < 4.78 is 1.07. The van der Waals surface area contributed by atoms with E-state index in [-0.39, 0.29) is 0 Å². The van der Waals surface area contributed by atoms with Crippen LogP contribution in [0.2, 0.25) is 0 Å². The third-order valence-electron chi connectivity index (χ3n) is 3.19. The Morgan fingerprint density at radius 2 is 2.14 bits per heavy atom. The van der Waals surface area contributed by atoms with Crippen LogP contribution in [-0.4, -0.2) is 20.1 Å². The Bertz CT molecular complexity index is 354. The second-order valence-corrected chi connectivity index (χ2v) is 4.25. The fraction of sp³-hybridized carbons (Fsp3) is 0.385. The molecule has 0 saturated carbocycles. The number of nitrogens with zero attached hydrogens (tertiary/aromatic N) is 1. The molecule has 1 aliphatic rings. The van der Waals surface area contributed by atoms with Gasteiger partial charge in [0.1, 0.15) is 12.2 Å². The lowest BCUT2D eigenvalue weighted by Crippen LogP contribution is -2.43. The molecule has 1 aliphatic heterocycles. The molecule has 0 fully saturated rings. The van der Waals surface area contributed by atoms with Crippen LogP contribution in [0.1, 0.15) is 12.5 Å². The molecular formula is C13H18N+. The fourth-order valence-corrected chi connectivity index (χ4v) is 2.26. The summed E-state index contributed by atoms with van der Waals surface area (Å²) >= 11 is 0. The van der Waals surface area contributed by atoms with Crippen molar-refractivity contribution in [2.45, 2.75) is 13.3 Å². The van der Waals surface area contributed by atoms with E-state index < -0.39 is 0 Å². The molecule has 2 rings (SSSR count). The fourth-order valence-electron chi connectivity index (χ4n) is 2.26. The van der Waals surface area contributed by atoms with E-state index in [1.165, 1.54) is 24.2 Å². The van der Waals surface area contributed by atoms with Gasteiger partial charge in [0.05, 0.1) is 13.6 Å². The minimum Gasteiger partial charge on any atom is -0.290 e. The number of allylic oxidation sites excluding steroid dienone is 1. The van der Waals surface area contributed by atoms with Crippen molar-refractivity contribution in [1.82, 2.24) is 4.48 Å². The van der Waals surface area contributed by atoms with E-state index in [0.29, 0.717) is 0 Å². The summed E-state index contributed by atoms with van der Waals surface area (Å²) in [6.07, 6.45) is 5.64. The van der Waals surface area contributed by atoms with Gasteiger partial charge in [-0.2, -0.15) is 0 Å². The standard InChI is InChI=1S/C13H18N/c1-3-4-10-14(2)11-9-12-7-5-6-8-13(12)14/h3-8H,9-11H2,1-2H3/q+1/b4-3+/t14-/m1/s1. The Hall–Kier alpha value is -1.08. The Labute approximate surface area is 86.3 Å². The van der Waals surface area contributed by atoms with E-state index in [9.17, 15) is 0 Å². The van der Waals surface area contributed by atoms with Gasteiger partial charge in [0.2, 0.25) is 0 Å². The number of hydrogen-bond donors (Lipinski definition) is 0. The van der Waals surface area contributed by atoms with Crippen molar-refractivity contribution in [3.8, 4) is 0 Å². The summed E-state index contributed by atoms with van der Waals surface area (Å²) in [6, 6.07) is 8.82. The van der Waals surface area contributed by atoms with Gasteiger partial charge in [-0.15, -0.1) is 0 Å². The van der Waals surface area contributed by atoms with E-state index >= 15 is 0 Å². The van der Waals surface area contributed by atoms with Gasteiger partial charge in [0.25, 0.3) is 0 Å². The molecular weight excluding hydrogens is 170 g/mol. The Kier molecular flexibility index (Phi) is 2.42. The molecule has 14 heavy (non-hydrogen) atoms. The quantitative estimate of drug-likeness (QED) is 0.494. The Balaban J connectivity index is 2.32. The predicted octanol–water partition coefficient (Wildman–Crippen LogP) is 2.76. The van der Waals surface area contributed by atoms with E-state index in [1.54, 1.807) is 0 Å². The first-order valence-corrected chi connectivity index (χ1v) is 5.30. The summed E-state index contributed by atoms with van der Waals surface area (Å²) in [5, 5.41) is 0. The number of fused-ring (bicyclic) bond motifs is 1. The first kappa shape index (κ1) is 9.47. The third-order valence-corrected chi connectivity index (χ3v) is 3.19. The summed E-state index contributed by atoms with van der Waals surface area (Å²) in [5.41, 5.74) is 3.03. The van der Waals surface area contributed by atoms with Crippen LogP contribution in [0, 0.1) is 0 Å². The number of hydrogen-bond acceptors (Lipinski definition) is 0. The van der Waals surface area contributed by atoms with Gasteiger partial charge in [-0.3, -0.25) is 4.48 Å². The number of rotatable bonds is 2. The summed E-state index contributed by atoms with van der Waals surface area (Å²) in [7, 11) is 2.33. The monoisotopic (exact) mass is 188 g/mol. The SMILES string of the molecule is C/C=C/C[N@+]1(C)CCc2ccccc21. The van der Waals surface area contributed by atoms with Gasteiger partial charge in [0.15, 0.2) is 0 Å². The van der Waals surface area contributed by atoms with Crippen LogP contribution in [0.5, 0.6) is 0 Å². The van der Waals surface area contributed by atoms with Crippen molar-refractivity contribution in [3.63, 3.8) is 0 Å². The lowest BCUT2D eigenvalue weighted by Gasteiger charge is -2.28. The molecule has 0 amide bonds. The van der Waals surface area contributed by atoms with Crippen molar-refractivity contribution in [2.24, 2.45) is 0 Å². The molecule has 0 bridgehead atoms. The van der Waals surface area contributed by atoms with Gasteiger partial charge < -0.3 is 0 Å². The average molecular weight is 188 g/mol. The van der Waals surface area contributed by atoms with Crippen molar-refractivity contribution in [2.75, 3.05) is 20.1 Å². The molecule has 0 aliphatic carbocycles. The number of quaternary nitrogens is 1. The zero-order valence-corrected chi connectivity index (χ0v) is 9.03. The summed E-state index contributed by atoms with van der Waals surface area (Å²) in [4.78, 5) is 0. The molecule has 0 spiro atoms. The van der Waals surface area contributed by atoms with Crippen molar-refractivity contribution in [1.29, 1.82) is 0 Å². The lowest BCUT2D eigenvalue weighted by molar-refractivity contribution is 0.394. The first-order valence-electron chi connectivity index (χ1n) is 5.30. The summed E-state index contributed by atoms with van der Waals surface area (Å²) in [5.74, 6) is 0. The Morgan fingerprint density at radius 3 is 2.93 bits per heavy atom. The average Bonchev–Trinajstić information content (AvgIpc) is 2.55. The van der Waals surface area contributed by atoms with Crippen molar-refractivity contribution in [3.05, 3.63) is 42.0 Å². The van der Waals surface area contributed by atoms with Crippen LogP contribution >= 0.6 is 0 Å². The van der Waals surface area contributed by atoms with Crippen molar-refractivity contribution >= 4 is 5.69 Å². The third kappa shape index (κ3) is 1.48. The molecule has 1 heteroatoms. The largest absolute Gasteiger partial charge is 0.290 e. The van der Waals surface area contributed by atoms with Crippen LogP contribution in [0.25, 0.3) is 0 Å². The predicted molar refractivity (Wildman–Crippen MR) is 62.4 cm³/mol. The highest BCUT2D eigenvalue weighted by Gasteiger charge is 2.32. The summed E-state index contributed by atoms with van der Waals surface area (Å²) in [6.45, 7) is 4.45. The zero-order chi connectivity index (χ0) is 10.0. The van der Waals surface area contributed by atoms with Crippen LogP contribution < -0.4 is 4.48 Å². The lowest BCUT2D eigenvalue weighted by atomic mass is 10.2. The van der Waals surface area contributed by atoms with Gasteiger partial charge in [-0.1, -0.05) is 24.3 Å². The van der Waals surface area contributed by atoms with Gasteiger partial charge in [-0.05, 0) is 19.1 Å². The molecule has 0 aromatic heterocycles. The second-order valence-electron chi connectivity index (χ2n) is 4.25. The molecule has 74 valence electrons. The first-order chi connectivity index (χ1) is 6.76. The number of benzene rings is 1. The van der Waals surface area contributed by atoms with E-state index in [4.69, 9.17) is 0 Å². The molecule has 0 unspecified atom stereocenters. The molecule has 0 radical (unpaired) electrons. The molecule has 1 atom stereocenters. The highest BCUT2D eigenvalue weighted by Crippen LogP contribution is 2.32. The molecule has 1 aromatic rings. The van der Waals surface area contributed by atoms with Crippen LogP contribution in [0.4, 0.5) is 5.69 Å². The molecule has 0 saturated heterocycles. The van der Waals surface area contributed by atoms with Gasteiger partial charge in [-0.25, -0.2) is 0 Å². The topological polar surface area (TPSA) is 0 Å². The maximum Gasteiger partial charge on any atom is 0.136 e. The van der Waals surface area contributed by atoms with Gasteiger partial charge >= 0.3 is 0 Å². The van der Waals surface area contributed by atoms with Crippen LogP contribution in [0.3, 0.4) is 0 Å². The highest BCUT2D eigenvalue weighted by molar-refractivity contribution is 5.54. The minimum atomic E-state index is 1.07. The maximum atomic E-state index is 2.33. The molecule has 0 N–H and O–H groups in total. The van der Waals surface area contributed by atoms with Crippen LogP contribution in [-0.2, 0) is 6.42 Å². The maximum absolute atomic E-state index is 2.33. The number of likely N-dealkylation sites (N-methyl/N-ethyl adjacent to an activating group) is 1. The second kappa shape index (κ2) is 3.58. The van der Waals surface area contributed by atoms with Gasteiger partial charge in [0, 0.05) is 12.0 Å². The van der Waals surface area contributed by atoms with Crippen molar-refractivity contribution < 1.29 is 0 Å². The minimum absolute atomic E-state index is 1.07. The zero-order valence-electron chi connectivity index (χ0n) is 9.03. The van der Waals surface area contributed by atoms with E-state index in [1.807, 2.05) is 0 Å². The van der Waals surface area contributed by atoms with Crippen LogP contribution in [0.15, 0.2) is 36.4 Å². The van der Waals surface area contributed by atoms with E-state index in [0.717, 1.165) is 11.0 Å². The molecule has 1 aromatic carbocycles. The smallest absolute Gasteiger partial charge is 0.136 e. The highest BCUT2D eigenvalue weighted by atomic mass is 15.3. The Morgan fingerprint density at radius 1 is 1.36 bits per heavy atom. The normalized spacial score (nSPS) is 25.6. The number of para-hydroxylation sites is 1. The molecule has 1 nitrogen and oxygen atoms in total.